The zero-order valence-corrected chi connectivity index (χ0v) is 16.1. The van der Waals surface area contributed by atoms with Crippen molar-refractivity contribution < 1.29 is 4.79 Å². The lowest BCUT2D eigenvalue weighted by Crippen LogP contribution is -2.28. The minimum absolute atomic E-state index is 0.0450. The van der Waals surface area contributed by atoms with E-state index in [4.69, 9.17) is 22.7 Å². The van der Waals surface area contributed by atoms with Crippen molar-refractivity contribution in [2.24, 2.45) is 5.73 Å². The Labute approximate surface area is 164 Å². The second-order valence-electron chi connectivity index (χ2n) is 6.78. The van der Waals surface area contributed by atoms with Crippen LogP contribution in [-0.2, 0) is 0 Å². The predicted molar refractivity (Wildman–Crippen MR) is 110 cm³/mol. The number of hydrogen-bond acceptors (Lipinski definition) is 4. The quantitative estimate of drug-likeness (QED) is 0.548. The first kappa shape index (κ1) is 19.2. The van der Waals surface area contributed by atoms with Crippen molar-refractivity contribution in [3.05, 3.63) is 52.2 Å². The van der Waals surface area contributed by atoms with Crippen molar-refractivity contribution in [2.45, 2.75) is 32.6 Å². The van der Waals surface area contributed by atoms with Crippen LogP contribution in [0.2, 0.25) is 5.02 Å². The molecule has 1 aromatic carbocycles. The molecule has 4 N–H and O–H groups in total. The number of rotatable bonds is 4. The molecule has 0 saturated carbocycles. The van der Waals surface area contributed by atoms with E-state index in [2.05, 4.69) is 15.2 Å². The third kappa shape index (κ3) is 4.57. The molecule has 3 rings (SSSR count). The topological polar surface area (TPSA) is 95.1 Å². The van der Waals surface area contributed by atoms with Gasteiger partial charge in [0.25, 0.3) is 5.91 Å². The second kappa shape index (κ2) is 8.39. The number of pyridine rings is 1. The van der Waals surface area contributed by atoms with E-state index in [-0.39, 0.29) is 11.7 Å². The molecule has 7 heteroatoms. The van der Waals surface area contributed by atoms with Crippen molar-refractivity contribution in [3.8, 4) is 0 Å². The molecule has 1 saturated heterocycles. The van der Waals surface area contributed by atoms with Crippen LogP contribution in [0.3, 0.4) is 0 Å². The Hall–Kier alpha value is -2.60. The molecule has 142 valence electrons. The summed E-state index contributed by atoms with van der Waals surface area (Å²) in [5.74, 6) is 0.361. The zero-order valence-electron chi connectivity index (χ0n) is 15.4. The highest BCUT2D eigenvalue weighted by molar-refractivity contribution is 6.31. The van der Waals surface area contributed by atoms with Gasteiger partial charge in [-0.25, -0.2) is 4.98 Å². The maximum atomic E-state index is 13.0. The predicted octanol–water partition coefficient (Wildman–Crippen LogP) is 3.96. The van der Waals surface area contributed by atoms with Crippen LogP contribution in [0, 0.1) is 12.3 Å². The number of nitrogens with two attached hydrogens (primary N) is 1. The van der Waals surface area contributed by atoms with Gasteiger partial charge in [-0.1, -0.05) is 36.6 Å². The van der Waals surface area contributed by atoms with E-state index in [1.807, 2.05) is 6.92 Å². The van der Waals surface area contributed by atoms with E-state index in [0.29, 0.717) is 33.3 Å². The zero-order chi connectivity index (χ0) is 19.4. The smallest absolute Gasteiger partial charge is 0.259 e. The second-order valence-corrected chi connectivity index (χ2v) is 7.18. The van der Waals surface area contributed by atoms with Gasteiger partial charge in [-0.3, -0.25) is 10.2 Å². The highest BCUT2D eigenvalue weighted by Gasteiger charge is 2.21. The molecule has 1 amide bonds. The molecule has 1 aliphatic rings. The lowest BCUT2D eigenvalue weighted by molar-refractivity contribution is 0.102. The van der Waals surface area contributed by atoms with E-state index in [0.717, 1.165) is 25.9 Å². The summed E-state index contributed by atoms with van der Waals surface area (Å²) in [7, 11) is 0. The van der Waals surface area contributed by atoms with Crippen molar-refractivity contribution in [2.75, 3.05) is 23.3 Å². The van der Waals surface area contributed by atoms with Gasteiger partial charge in [0.2, 0.25) is 0 Å². The molecule has 0 atom stereocenters. The van der Waals surface area contributed by atoms with Crippen LogP contribution in [0.1, 0.15) is 47.3 Å². The molecular formula is C20H24ClN5O. The van der Waals surface area contributed by atoms with Crippen molar-refractivity contribution in [1.82, 2.24) is 4.98 Å². The first-order chi connectivity index (χ1) is 13.0. The normalized spacial score (nSPS) is 14.5. The summed E-state index contributed by atoms with van der Waals surface area (Å²) in [5.41, 5.74) is 7.84. The Balaban J connectivity index is 1.92. The number of amides is 1. The number of halogens is 1. The van der Waals surface area contributed by atoms with Gasteiger partial charge in [-0.05, 0) is 38.0 Å². The Kier molecular flexibility index (Phi) is 5.96. The van der Waals surface area contributed by atoms with E-state index in [9.17, 15) is 4.79 Å². The molecule has 0 aliphatic carbocycles. The number of carbonyl (C=O) groups is 1. The number of aryl methyl sites for hydroxylation is 1. The van der Waals surface area contributed by atoms with Crippen molar-refractivity contribution in [3.63, 3.8) is 0 Å². The molecule has 0 radical (unpaired) electrons. The maximum Gasteiger partial charge on any atom is 0.259 e. The number of carbonyl (C=O) groups excluding carboxylic acids is 1. The Bertz CT molecular complexity index is 859. The van der Waals surface area contributed by atoms with E-state index in [1.54, 1.807) is 30.3 Å². The van der Waals surface area contributed by atoms with Crippen LogP contribution < -0.4 is 16.0 Å². The van der Waals surface area contributed by atoms with E-state index in [1.165, 1.54) is 12.8 Å². The summed E-state index contributed by atoms with van der Waals surface area (Å²) >= 11 is 6.27. The molecule has 27 heavy (non-hydrogen) atoms. The van der Waals surface area contributed by atoms with Gasteiger partial charge in [-0.2, -0.15) is 0 Å². The monoisotopic (exact) mass is 385 g/mol. The first-order valence-electron chi connectivity index (χ1n) is 9.13. The molecule has 1 fully saturated rings. The van der Waals surface area contributed by atoms with Gasteiger partial charge in [0.1, 0.15) is 11.7 Å². The number of aromatic nitrogens is 1. The van der Waals surface area contributed by atoms with Crippen molar-refractivity contribution >= 4 is 34.8 Å². The highest BCUT2D eigenvalue weighted by atomic mass is 35.5. The fraction of sp³-hybridized carbons (Fsp3) is 0.350. The van der Waals surface area contributed by atoms with E-state index < -0.39 is 0 Å². The molecule has 6 nitrogen and oxygen atoms in total. The van der Waals surface area contributed by atoms with Gasteiger partial charge in [0, 0.05) is 24.3 Å². The summed E-state index contributed by atoms with van der Waals surface area (Å²) in [6, 6.07) is 8.61. The largest absolute Gasteiger partial charge is 0.384 e. The Morgan fingerprint density at radius 1 is 1.22 bits per heavy atom. The van der Waals surface area contributed by atoms with Gasteiger partial charge in [-0.15, -0.1) is 0 Å². The molecular weight excluding hydrogens is 362 g/mol. The third-order valence-electron chi connectivity index (χ3n) is 4.71. The van der Waals surface area contributed by atoms with Crippen LogP contribution in [0.4, 0.5) is 11.5 Å². The van der Waals surface area contributed by atoms with Crippen LogP contribution >= 0.6 is 11.6 Å². The SMILES string of the molecule is Cc1nc(N2CCCCCC2)c(C(=O)Nc2cccc(C(=N)N)c2)cc1Cl. The molecule has 2 aromatic rings. The van der Waals surface area contributed by atoms with Gasteiger partial charge >= 0.3 is 0 Å². The standard InChI is InChI=1S/C20H24ClN5O/c1-13-17(21)12-16(19(24-13)26-9-4-2-3-5-10-26)20(27)25-15-8-6-7-14(11-15)18(22)23/h6-8,11-12H,2-5,9-10H2,1H3,(H3,22,23)(H,25,27). The fourth-order valence-corrected chi connectivity index (χ4v) is 3.37. The average Bonchev–Trinajstić information content (AvgIpc) is 2.93. The van der Waals surface area contributed by atoms with Crippen LogP contribution in [0.15, 0.2) is 30.3 Å². The lowest BCUT2D eigenvalue weighted by atomic mass is 10.1. The average molecular weight is 386 g/mol. The Morgan fingerprint density at radius 3 is 2.59 bits per heavy atom. The van der Waals surface area contributed by atoms with Crippen molar-refractivity contribution in [1.29, 1.82) is 5.41 Å². The van der Waals surface area contributed by atoms with Crippen LogP contribution in [-0.4, -0.2) is 29.8 Å². The number of benzene rings is 1. The summed E-state index contributed by atoms with van der Waals surface area (Å²) in [6.07, 6.45) is 4.57. The molecule has 1 aliphatic heterocycles. The molecule has 0 unspecified atom stereocenters. The number of nitrogens with one attached hydrogen (secondary N) is 2. The number of amidine groups is 1. The van der Waals surface area contributed by atoms with E-state index >= 15 is 0 Å². The molecule has 0 spiro atoms. The fourth-order valence-electron chi connectivity index (χ4n) is 3.22. The lowest BCUT2D eigenvalue weighted by Gasteiger charge is -2.24. The number of nitrogens with zero attached hydrogens (tertiary/aromatic N) is 2. The summed E-state index contributed by atoms with van der Waals surface area (Å²) in [6.45, 7) is 3.62. The minimum Gasteiger partial charge on any atom is -0.384 e. The minimum atomic E-state index is -0.274. The van der Waals surface area contributed by atoms with Crippen LogP contribution in [0.25, 0.3) is 0 Å². The van der Waals surface area contributed by atoms with Gasteiger partial charge in [0.05, 0.1) is 16.3 Å². The third-order valence-corrected chi connectivity index (χ3v) is 5.10. The molecule has 0 bridgehead atoms. The van der Waals surface area contributed by atoms with Crippen LogP contribution in [0.5, 0.6) is 0 Å². The summed E-state index contributed by atoms with van der Waals surface area (Å²) in [4.78, 5) is 19.8. The Morgan fingerprint density at radius 2 is 1.93 bits per heavy atom. The van der Waals surface area contributed by atoms with Gasteiger partial charge in [0.15, 0.2) is 0 Å². The highest BCUT2D eigenvalue weighted by Crippen LogP contribution is 2.27. The summed E-state index contributed by atoms with van der Waals surface area (Å²) < 4.78 is 0. The number of hydrogen-bond donors (Lipinski definition) is 3. The summed E-state index contributed by atoms with van der Waals surface area (Å²) in [5, 5.41) is 10.9. The number of nitrogen functional groups attached to an aromatic ring is 1. The first-order valence-corrected chi connectivity index (χ1v) is 9.51. The molecule has 2 heterocycles. The molecule has 1 aromatic heterocycles. The van der Waals surface area contributed by atoms with Gasteiger partial charge < -0.3 is 16.0 Å². The number of anilines is 2. The maximum absolute atomic E-state index is 13.0.